The number of alkyl halides is 3. The monoisotopic (exact) mass is 478 g/mol. The molecule has 0 bridgehead atoms. The normalized spacial score (nSPS) is 12.6. The largest absolute Gasteiger partial charge is 0.488 e. The Hall–Kier alpha value is -3.42. The Morgan fingerprint density at radius 2 is 1.56 bits per heavy atom. The second-order valence-corrected chi connectivity index (χ2v) is 8.39. The van der Waals surface area contributed by atoms with Gasteiger partial charge in [-0.05, 0) is 58.9 Å². The maximum atomic E-state index is 14.3. The lowest BCUT2D eigenvalue weighted by Crippen LogP contribution is -2.21. The van der Waals surface area contributed by atoms with Gasteiger partial charge in [-0.3, -0.25) is 4.79 Å². The van der Waals surface area contributed by atoms with Crippen LogP contribution in [0.1, 0.15) is 42.9 Å². The Bertz CT molecular complexity index is 1140. The highest BCUT2D eigenvalue weighted by molar-refractivity contribution is 5.79. The molecule has 34 heavy (non-hydrogen) atoms. The fourth-order valence-corrected chi connectivity index (χ4v) is 3.81. The van der Waals surface area contributed by atoms with E-state index >= 15 is 0 Å². The standard InChI is InChI=1S/C26H23F5O3/c1-15(2)8-22(25(32)33)21-11-18(17-6-4-3-5-7-17)12-23(24(21)26(29,30)31)34-14-16-9-19(27)13-20(28)10-16/h3-7,9-13,15,22H,8,14H2,1-2H3,(H,32,33)/t22-/m1/s1. The molecule has 3 aromatic carbocycles. The zero-order valence-electron chi connectivity index (χ0n) is 18.5. The van der Waals surface area contributed by atoms with E-state index in [0.29, 0.717) is 17.2 Å². The van der Waals surface area contributed by atoms with E-state index in [1.165, 1.54) is 12.1 Å². The molecule has 0 radical (unpaired) electrons. The molecular formula is C26H23F5O3. The van der Waals surface area contributed by atoms with Crippen molar-refractivity contribution >= 4 is 5.97 Å². The van der Waals surface area contributed by atoms with Gasteiger partial charge in [0.15, 0.2) is 0 Å². The summed E-state index contributed by atoms with van der Waals surface area (Å²) in [6.45, 7) is 2.90. The minimum Gasteiger partial charge on any atom is -0.488 e. The molecular weight excluding hydrogens is 455 g/mol. The van der Waals surface area contributed by atoms with Crippen LogP contribution in [-0.4, -0.2) is 11.1 Å². The lowest BCUT2D eigenvalue weighted by Gasteiger charge is -2.24. The third-order valence-corrected chi connectivity index (χ3v) is 5.22. The van der Waals surface area contributed by atoms with Crippen LogP contribution in [0.5, 0.6) is 5.75 Å². The summed E-state index contributed by atoms with van der Waals surface area (Å²) in [6.07, 6.45) is -4.96. The first kappa shape index (κ1) is 25.2. The maximum Gasteiger partial charge on any atom is 0.420 e. The van der Waals surface area contributed by atoms with Gasteiger partial charge in [-0.25, -0.2) is 8.78 Å². The molecule has 8 heteroatoms. The maximum absolute atomic E-state index is 14.3. The van der Waals surface area contributed by atoms with Gasteiger partial charge in [0, 0.05) is 6.07 Å². The predicted octanol–water partition coefficient (Wildman–Crippen LogP) is 7.44. The van der Waals surface area contributed by atoms with Crippen molar-refractivity contribution in [1.29, 1.82) is 0 Å². The Balaban J connectivity index is 2.21. The van der Waals surface area contributed by atoms with E-state index in [-0.39, 0.29) is 17.9 Å². The third-order valence-electron chi connectivity index (χ3n) is 5.22. The van der Waals surface area contributed by atoms with Crippen molar-refractivity contribution in [3.05, 3.63) is 89.0 Å². The summed E-state index contributed by atoms with van der Waals surface area (Å²) in [5, 5.41) is 9.80. The number of halogens is 5. The molecule has 0 heterocycles. The molecule has 1 N–H and O–H groups in total. The molecule has 0 saturated carbocycles. The van der Waals surface area contributed by atoms with Crippen LogP contribution < -0.4 is 4.74 Å². The SMILES string of the molecule is CC(C)C[C@@H](C(=O)O)c1cc(-c2ccccc2)cc(OCc2cc(F)cc(F)c2)c1C(F)(F)F. The molecule has 0 aliphatic rings. The fraction of sp³-hybridized carbons (Fsp3) is 0.269. The minimum absolute atomic E-state index is 0.00532. The summed E-state index contributed by atoms with van der Waals surface area (Å²) in [7, 11) is 0. The topological polar surface area (TPSA) is 46.5 Å². The quantitative estimate of drug-likeness (QED) is 0.342. The molecule has 0 unspecified atom stereocenters. The Kier molecular flexibility index (Phi) is 7.59. The molecule has 3 nitrogen and oxygen atoms in total. The van der Waals surface area contributed by atoms with Crippen molar-refractivity contribution in [3.63, 3.8) is 0 Å². The molecule has 180 valence electrons. The predicted molar refractivity (Wildman–Crippen MR) is 117 cm³/mol. The lowest BCUT2D eigenvalue weighted by molar-refractivity contribution is -0.142. The Morgan fingerprint density at radius 1 is 0.941 bits per heavy atom. The molecule has 0 saturated heterocycles. The van der Waals surface area contributed by atoms with Crippen molar-refractivity contribution in [1.82, 2.24) is 0 Å². The van der Waals surface area contributed by atoms with Gasteiger partial charge in [0.1, 0.15) is 29.6 Å². The molecule has 1 atom stereocenters. The van der Waals surface area contributed by atoms with Crippen molar-refractivity contribution < 1.29 is 36.6 Å². The molecule has 0 aliphatic heterocycles. The molecule has 3 aromatic rings. The molecule has 0 spiro atoms. The number of rotatable bonds is 8. The molecule has 0 amide bonds. The van der Waals surface area contributed by atoms with Gasteiger partial charge in [-0.2, -0.15) is 13.2 Å². The highest BCUT2D eigenvalue weighted by Crippen LogP contribution is 2.45. The number of hydrogen-bond donors (Lipinski definition) is 1. The van der Waals surface area contributed by atoms with Crippen LogP contribution in [0.4, 0.5) is 22.0 Å². The van der Waals surface area contributed by atoms with Crippen LogP contribution in [0, 0.1) is 17.6 Å². The van der Waals surface area contributed by atoms with Gasteiger partial charge in [0.25, 0.3) is 0 Å². The average molecular weight is 478 g/mol. The number of carboxylic acids is 1. The van der Waals surface area contributed by atoms with Gasteiger partial charge in [0.2, 0.25) is 0 Å². The number of ether oxygens (including phenoxy) is 1. The number of carboxylic acid groups (broad SMARTS) is 1. The van der Waals surface area contributed by atoms with Crippen LogP contribution in [-0.2, 0) is 17.6 Å². The molecule has 3 rings (SSSR count). The Morgan fingerprint density at radius 3 is 2.09 bits per heavy atom. The number of benzene rings is 3. The Labute approximate surface area is 193 Å². The van der Waals surface area contributed by atoms with Crippen molar-refractivity contribution in [3.8, 4) is 16.9 Å². The van der Waals surface area contributed by atoms with E-state index in [1.54, 1.807) is 44.2 Å². The zero-order valence-corrected chi connectivity index (χ0v) is 18.5. The zero-order chi connectivity index (χ0) is 25.0. The highest BCUT2D eigenvalue weighted by Gasteiger charge is 2.41. The van der Waals surface area contributed by atoms with Gasteiger partial charge >= 0.3 is 12.1 Å². The summed E-state index contributed by atoms with van der Waals surface area (Å²) in [5.74, 6) is -5.41. The van der Waals surface area contributed by atoms with Crippen LogP contribution in [0.15, 0.2) is 60.7 Å². The van der Waals surface area contributed by atoms with Gasteiger partial charge in [-0.1, -0.05) is 44.2 Å². The summed E-state index contributed by atoms with van der Waals surface area (Å²) >= 11 is 0. The number of carbonyl (C=O) groups is 1. The third kappa shape index (κ3) is 6.12. The molecule has 0 aliphatic carbocycles. The van der Waals surface area contributed by atoms with E-state index in [2.05, 4.69) is 0 Å². The first-order chi connectivity index (χ1) is 16.0. The van der Waals surface area contributed by atoms with E-state index in [9.17, 15) is 31.9 Å². The van der Waals surface area contributed by atoms with Crippen molar-refractivity contribution in [2.75, 3.05) is 0 Å². The van der Waals surface area contributed by atoms with E-state index < -0.39 is 53.2 Å². The van der Waals surface area contributed by atoms with Crippen molar-refractivity contribution in [2.24, 2.45) is 5.92 Å². The first-order valence-corrected chi connectivity index (χ1v) is 10.6. The minimum atomic E-state index is -4.93. The van der Waals surface area contributed by atoms with Crippen molar-refractivity contribution in [2.45, 2.75) is 39.0 Å². The van der Waals surface area contributed by atoms with E-state index in [1.807, 2.05) is 0 Å². The second-order valence-electron chi connectivity index (χ2n) is 8.39. The number of hydrogen-bond acceptors (Lipinski definition) is 2. The van der Waals surface area contributed by atoms with Crippen LogP contribution in [0.3, 0.4) is 0 Å². The second kappa shape index (κ2) is 10.2. The summed E-state index contributed by atoms with van der Waals surface area (Å²) in [4.78, 5) is 12.0. The van der Waals surface area contributed by atoms with E-state index in [4.69, 9.17) is 4.74 Å². The fourth-order valence-electron chi connectivity index (χ4n) is 3.81. The summed E-state index contributed by atoms with van der Waals surface area (Å²) in [6, 6.07) is 13.4. The smallest absolute Gasteiger partial charge is 0.420 e. The van der Waals surface area contributed by atoms with Crippen LogP contribution in [0.2, 0.25) is 0 Å². The summed E-state index contributed by atoms with van der Waals surface area (Å²) < 4.78 is 75.3. The highest BCUT2D eigenvalue weighted by atomic mass is 19.4. The number of aliphatic carboxylic acids is 1. The first-order valence-electron chi connectivity index (χ1n) is 10.6. The van der Waals surface area contributed by atoms with E-state index in [0.717, 1.165) is 12.1 Å². The summed E-state index contributed by atoms with van der Waals surface area (Å²) in [5.41, 5.74) is -0.742. The van der Waals surface area contributed by atoms with Gasteiger partial charge in [-0.15, -0.1) is 0 Å². The average Bonchev–Trinajstić information content (AvgIpc) is 2.74. The lowest BCUT2D eigenvalue weighted by atomic mass is 9.85. The molecule has 0 aromatic heterocycles. The van der Waals surface area contributed by atoms with Crippen LogP contribution >= 0.6 is 0 Å². The van der Waals surface area contributed by atoms with Crippen LogP contribution in [0.25, 0.3) is 11.1 Å². The van der Waals surface area contributed by atoms with Gasteiger partial charge in [0.05, 0.1) is 5.92 Å². The van der Waals surface area contributed by atoms with Gasteiger partial charge < -0.3 is 9.84 Å². The molecule has 0 fully saturated rings.